The van der Waals surface area contributed by atoms with E-state index in [0.29, 0.717) is 21.6 Å². The first-order valence-corrected chi connectivity index (χ1v) is 10.6. The van der Waals surface area contributed by atoms with Crippen LogP contribution in [-0.4, -0.2) is 22.0 Å². The molecule has 0 radical (unpaired) electrons. The first-order valence-electron chi connectivity index (χ1n) is 8.83. The topological polar surface area (TPSA) is 90.5 Å². The van der Waals surface area contributed by atoms with Gasteiger partial charge >= 0.3 is 12.1 Å². The van der Waals surface area contributed by atoms with Gasteiger partial charge in [-0.05, 0) is 24.3 Å². The number of nitrogens with zero attached hydrogens (tertiary/aromatic N) is 4. The van der Waals surface area contributed by atoms with Crippen LogP contribution in [0.2, 0.25) is 0 Å². The quantitative estimate of drug-likeness (QED) is 0.425. The molecule has 2 heterocycles. The zero-order chi connectivity index (χ0) is 20.8. The summed E-state index contributed by atoms with van der Waals surface area (Å²) in [7, 11) is 0. The summed E-state index contributed by atoms with van der Waals surface area (Å²) < 4.78 is 0. The minimum absolute atomic E-state index is 0.425. The Morgan fingerprint density at radius 3 is 1.40 bits per heavy atom. The van der Waals surface area contributed by atoms with Crippen LogP contribution in [0.15, 0.2) is 83.8 Å². The van der Waals surface area contributed by atoms with E-state index in [4.69, 9.17) is 0 Å². The van der Waals surface area contributed by atoms with Crippen molar-refractivity contribution < 1.29 is 9.59 Å². The summed E-state index contributed by atoms with van der Waals surface area (Å²) in [4.78, 5) is 34.8. The highest BCUT2D eigenvalue weighted by Gasteiger charge is 2.30. The number of thiazole rings is 2. The number of urea groups is 2. The molecule has 0 bridgehead atoms. The standard InChI is InChI=1S/C20H16N6O2S2/c27-19(23-17-21-11-13-29-17)25(15-7-3-1-4-8-15)26(16-9-5-2-6-10-16)20(28)24-18-22-12-14-30-18/h1-14H,(H,21,23,27)(H,22,24,28). The lowest BCUT2D eigenvalue weighted by Crippen LogP contribution is -2.53. The predicted molar refractivity (Wildman–Crippen MR) is 120 cm³/mol. The molecule has 0 saturated heterocycles. The summed E-state index contributed by atoms with van der Waals surface area (Å²) in [5, 5.41) is 12.4. The van der Waals surface area contributed by atoms with Crippen molar-refractivity contribution >= 4 is 56.4 Å². The fourth-order valence-corrected chi connectivity index (χ4v) is 3.68. The molecule has 8 nitrogen and oxygen atoms in total. The second-order valence-corrected chi connectivity index (χ2v) is 7.62. The summed E-state index contributed by atoms with van der Waals surface area (Å²) in [5.74, 6) is 0. The number of para-hydroxylation sites is 2. The second kappa shape index (κ2) is 9.16. The first-order chi connectivity index (χ1) is 14.7. The van der Waals surface area contributed by atoms with E-state index < -0.39 is 12.1 Å². The smallest absolute Gasteiger partial charge is 0.282 e. The molecular formula is C20H16N6O2S2. The van der Waals surface area contributed by atoms with Crippen molar-refractivity contribution in [3.8, 4) is 0 Å². The summed E-state index contributed by atoms with van der Waals surface area (Å²) in [5.41, 5.74) is 1.01. The molecule has 0 spiro atoms. The average Bonchev–Trinajstić information content (AvgIpc) is 3.47. The van der Waals surface area contributed by atoms with Gasteiger partial charge in [0.2, 0.25) is 0 Å². The highest BCUT2D eigenvalue weighted by atomic mass is 32.1. The van der Waals surface area contributed by atoms with Crippen molar-refractivity contribution in [2.75, 3.05) is 20.7 Å². The summed E-state index contributed by atoms with van der Waals surface area (Å²) in [6.07, 6.45) is 3.19. The van der Waals surface area contributed by atoms with E-state index >= 15 is 0 Å². The zero-order valence-corrected chi connectivity index (χ0v) is 17.1. The number of amides is 4. The Bertz CT molecular complexity index is 999. The molecular weight excluding hydrogens is 420 g/mol. The van der Waals surface area contributed by atoms with E-state index in [1.54, 1.807) is 71.7 Å². The fraction of sp³-hybridized carbons (Fsp3) is 0. The third-order valence-corrected chi connectivity index (χ3v) is 5.26. The van der Waals surface area contributed by atoms with Gasteiger partial charge in [-0.1, -0.05) is 36.4 Å². The number of carbonyl (C=O) groups is 2. The van der Waals surface area contributed by atoms with Gasteiger partial charge in [-0.2, -0.15) is 10.0 Å². The Kier molecular flexibility index (Phi) is 5.97. The van der Waals surface area contributed by atoms with Gasteiger partial charge in [-0.15, -0.1) is 22.7 Å². The van der Waals surface area contributed by atoms with Crippen molar-refractivity contribution in [1.29, 1.82) is 0 Å². The predicted octanol–water partition coefficient (Wildman–Crippen LogP) is 5.29. The molecule has 0 fully saturated rings. The number of nitrogens with one attached hydrogen (secondary N) is 2. The molecule has 150 valence electrons. The number of hydrogen-bond donors (Lipinski definition) is 2. The Balaban J connectivity index is 1.75. The Morgan fingerprint density at radius 2 is 1.07 bits per heavy atom. The van der Waals surface area contributed by atoms with E-state index in [9.17, 15) is 9.59 Å². The second-order valence-electron chi connectivity index (χ2n) is 5.83. The maximum absolute atomic E-state index is 13.3. The van der Waals surface area contributed by atoms with Crippen LogP contribution in [0.3, 0.4) is 0 Å². The monoisotopic (exact) mass is 436 g/mol. The van der Waals surface area contributed by atoms with Crippen LogP contribution in [-0.2, 0) is 0 Å². The molecule has 4 amide bonds. The molecule has 10 heteroatoms. The number of anilines is 4. The van der Waals surface area contributed by atoms with Gasteiger partial charge in [0.15, 0.2) is 10.3 Å². The van der Waals surface area contributed by atoms with Crippen LogP contribution in [0.1, 0.15) is 0 Å². The highest BCUT2D eigenvalue weighted by molar-refractivity contribution is 7.14. The lowest BCUT2D eigenvalue weighted by molar-refractivity contribution is 0.248. The van der Waals surface area contributed by atoms with Gasteiger partial charge in [-0.3, -0.25) is 10.6 Å². The van der Waals surface area contributed by atoms with Gasteiger partial charge in [0, 0.05) is 23.2 Å². The Morgan fingerprint density at radius 1 is 0.667 bits per heavy atom. The molecule has 0 aliphatic rings. The largest absolute Gasteiger partial charge is 0.347 e. The van der Waals surface area contributed by atoms with E-state index in [-0.39, 0.29) is 0 Å². The molecule has 0 unspecified atom stereocenters. The van der Waals surface area contributed by atoms with Crippen LogP contribution in [0, 0.1) is 0 Å². The minimum Gasteiger partial charge on any atom is -0.282 e. The van der Waals surface area contributed by atoms with Gasteiger partial charge in [0.1, 0.15) is 0 Å². The Hall–Kier alpha value is -3.76. The van der Waals surface area contributed by atoms with Crippen molar-refractivity contribution in [3.63, 3.8) is 0 Å². The van der Waals surface area contributed by atoms with Crippen LogP contribution in [0.5, 0.6) is 0 Å². The number of carbonyl (C=O) groups excluding carboxylic acids is 2. The van der Waals surface area contributed by atoms with Crippen molar-refractivity contribution in [1.82, 2.24) is 9.97 Å². The number of hydrogen-bond acceptors (Lipinski definition) is 6. The molecule has 0 atom stereocenters. The van der Waals surface area contributed by atoms with E-state index in [0.717, 1.165) is 0 Å². The van der Waals surface area contributed by atoms with Crippen LogP contribution in [0.25, 0.3) is 0 Å². The molecule has 0 aliphatic heterocycles. The molecule has 2 N–H and O–H groups in total. The molecule has 2 aromatic carbocycles. The molecule has 4 aromatic rings. The van der Waals surface area contributed by atoms with Crippen molar-refractivity contribution in [2.24, 2.45) is 0 Å². The van der Waals surface area contributed by atoms with Gasteiger partial charge in [-0.25, -0.2) is 19.6 Å². The third-order valence-electron chi connectivity index (χ3n) is 3.88. The molecule has 0 aliphatic carbocycles. The summed E-state index contributed by atoms with van der Waals surface area (Å²) >= 11 is 2.57. The summed E-state index contributed by atoms with van der Waals surface area (Å²) in [6.45, 7) is 0. The fourth-order valence-electron chi connectivity index (χ4n) is 2.64. The Labute approximate surface area is 180 Å². The lowest BCUT2D eigenvalue weighted by Gasteiger charge is -2.34. The van der Waals surface area contributed by atoms with Crippen molar-refractivity contribution in [3.05, 3.63) is 83.8 Å². The normalized spacial score (nSPS) is 10.3. The first kappa shape index (κ1) is 19.6. The third kappa shape index (κ3) is 4.45. The zero-order valence-electron chi connectivity index (χ0n) is 15.5. The highest BCUT2D eigenvalue weighted by Crippen LogP contribution is 2.26. The maximum Gasteiger partial charge on any atom is 0.347 e. The number of benzene rings is 2. The van der Waals surface area contributed by atoms with Crippen LogP contribution in [0.4, 0.5) is 31.2 Å². The minimum atomic E-state index is -0.533. The number of rotatable bonds is 4. The molecule has 4 rings (SSSR count). The number of hydrazine groups is 1. The van der Waals surface area contributed by atoms with Gasteiger partial charge < -0.3 is 0 Å². The molecule has 30 heavy (non-hydrogen) atoms. The molecule has 0 saturated carbocycles. The summed E-state index contributed by atoms with van der Waals surface area (Å²) in [6, 6.07) is 16.8. The molecule has 2 aromatic heterocycles. The van der Waals surface area contributed by atoms with E-state index in [1.807, 2.05) is 12.1 Å². The lowest BCUT2D eigenvalue weighted by atomic mass is 10.3. The van der Waals surface area contributed by atoms with E-state index in [1.165, 1.54) is 32.7 Å². The number of aromatic nitrogens is 2. The average molecular weight is 437 g/mol. The van der Waals surface area contributed by atoms with Gasteiger partial charge in [0.25, 0.3) is 0 Å². The van der Waals surface area contributed by atoms with Gasteiger partial charge in [0.05, 0.1) is 11.4 Å². The SMILES string of the molecule is O=C(Nc1nccs1)N(c1ccccc1)N(C(=O)Nc1nccs1)c1ccccc1. The maximum atomic E-state index is 13.3. The van der Waals surface area contributed by atoms with E-state index in [2.05, 4.69) is 20.6 Å². The van der Waals surface area contributed by atoms with Crippen LogP contribution >= 0.6 is 22.7 Å². The van der Waals surface area contributed by atoms with Crippen molar-refractivity contribution in [2.45, 2.75) is 0 Å². The van der Waals surface area contributed by atoms with Crippen LogP contribution < -0.4 is 20.7 Å².